The summed E-state index contributed by atoms with van der Waals surface area (Å²) in [6.07, 6.45) is 2.05. The topological polar surface area (TPSA) is 78.6 Å². The lowest BCUT2D eigenvalue weighted by Crippen LogP contribution is -2.08. The summed E-state index contributed by atoms with van der Waals surface area (Å²) in [5.41, 5.74) is 2.75. The summed E-state index contributed by atoms with van der Waals surface area (Å²) in [7, 11) is 1.65. The maximum Gasteiger partial charge on any atom is 0.188 e. The third-order valence-electron chi connectivity index (χ3n) is 5.29. The number of unbranched alkanes of at least 4 members (excludes halogenated alkanes) is 1. The number of rotatable bonds is 12. The first kappa shape index (κ1) is 24.9. The Balaban J connectivity index is 1.89. The van der Waals surface area contributed by atoms with Gasteiger partial charge in [0.05, 0.1) is 19.8 Å². The number of ether oxygens (including phenoxy) is 3. The molecule has 0 aliphatic heterocycles. The molecule has 0 unspecified atom stereocenters. The highest BCUT2D eigenvalue weighted by Crippen LogP contribution is 2.32. The van der Waals surface area contributed by atoms with E-state index in [0.717, 1.165) is 35.3 Å². The van der Waals surface area contributed by atoms with E-state index in [1.807, 2.05) is 48.7 Å². The lowest BCUT2D eigenvalue weighted by atomic mass is 9.99. The standard InChI is InChI=1S/C25H33N3O4S/c1-5-6-11-31-22-10-7-18(14-23(22)32-13-12-30-4)16-28-24(26-27-25(28)33)19-8-9-21(29)20(15-19)17(2)3/h7-10,14-15,17,29H,5-6,11-13,16H2,1-4H3,(H,27,33). The second-order valence-electron chi connectivity index (χ2n) is 8.16. The van der Waals surface area contributed by atoms with Gasteiger partial charge in [-0.15, -0.1) is 22.8 Å². The predicted octanol–water partition coefficient (Wildman–Crippen LogP) is 5.32. The molecule has 0 bridgehead atoms. The van der Waals surface area contributed by atoms with Crippen LogP contribution in [0.15, 0.2) is 41.6 Å². The minimum atomic E-state index is 0.184. The first-order chi connectivity index (χ1) is 15.9. The molecule has 2 aromatic carbocycles. The number of aromatic hydroxyl groups is 1. The summed E-state index contributed by atoms with van der Waals surface area (Å²) >= 11 is 4.53. The molecule has 1 heterocycles. The Kier molecular flexibility index (Phi) is 9.03. The maximum absolute atomic E-state index is 10.2. The molecule has 1 aromatic heterocycles. The quantitative estimate of drug-likeness (QED) is 0.275. The van der Waals surface area contributed by atoms with Crippen LogP contribution in [0.4, 0.5) is 0 Å². The van der Waals surface area contributed by atoms with Gasteiger partial charge in [0.15, 0.2) is 22.5 Å². The van der Waals surface area contributed by atoms with Crippen molar-refractivity contribution in [2.75, 3.05) is 26.9 Å². The van der Waals surface area contributed by atoms with Crippen LogP contribution >= 0.6 is 12.6 Å². The van der Waals surface area contributed by atoms with Crippen LogP contribution in [0.25, 0.3) is 11.4 Å². The summed E-state index contributed by atoms with van der Waals surface area (Å²) in [5.74, 6) is 2.56. The van der Waals surface area contributed by atoms with Crippen molar-refractivity contribution < 1.29 is 19.3 Å². The van der Waals surface area contributed by atoms with Gasteiger partial charge in [0.25, 0.3) is 0 Å². The van der Waals surface area contributed by atoms with Gasteiger partial charge in [-0.2, -0.15) is 0 Å². The molecule has 7 nitrogen and oxygen atoms in total. The SMILES string of the molecule is CCCCOc1ccc(Cn2c(S)nnc2-c2ccc(O)c(C(C)C)c2)cc1OCCOC. The smallest absolute Gasteiger partial charge is 0.188 e. The Labute approximate surface area is 201 Å². The fourth-order valence-electron chi connectivity index (χ4n) is 3.44. The number of hydrogen-bond acceptors (Lipinski definition) is 7. The minimum Gasteiger partial charge on any atom is -0.508 e. The van der Waals surface area contributed by atoms with Crippen molar-refractivity contribution in [3.05, 3.63) is 47.5 Å². The average molecular weight is 472 g/mol. The van der Waals surface area contributed by atoms with Crippen molar-refractivity contribution in [3.8, 4) is 28.6 Å². The Bertz CT molecular complexity index is 1050. The van der Waals surface area contributed by atoms with E-state index in [1.165, 1.54) is 0 Å². The Hall–Kier alpha value is -2.71. The summed E-state index contributed by atoms with van der Waals surface area (Å²) in [5, 5.41) is 19.2. The highest BCUT2D eigenvalue weighted by Gasteiger charge is 2.16. The largest absolute Gasteiger partial charge is 0.508 e. The molecule has 8 heteroatoms. The highest BCUT2D eigenvalue weighted by molar-refractivity contribution is 7.80. The molecular weight excluding hydrogens is 438 g/mol. The predicted molar refractivity (Wildman–Crippen MR) is 132 cm³/mol. The van der Waals surface area contributed by atoms with Gasteiger partial charge in [-0.05, 0) is 53.8 Å². The van der Waals surface area contributed by atoms with E-state index in [1.54, 1.807) is 13.2 Å². The van der Waals surface area contributed by atoms with Crippen LogP contribution in [0.2, 0.25) is 0 Å². The van der Waals surface area contributed by atoms with Crippen LogP contribution in [0, 0.1) is 0 Å². The lowest BCUT2D eigenvalue weighted by molar-refractivity contribution is 0.143. The Morgan fingerprint density at radius 1 is 1.00 bits per heavy atom. The Morgan fingerprint density at radius 3 is 2.52 bits per heavy atom. The van der Waals surface area contributed by atoms with Crippen molar-refractivity contribution in [2.24, 2.45) is 0 Å². The maximum atomic E-state index is 10.2. The van der Waals surface area contributed by atoms with Gasteiger partial charge in [-0.1, -0.05) is 33.3 Å². The highest BCUT2D eigenvalue weighted by atomic mass is 32.1. The van der Waals surface area contributed by atoms with E-state index in [-0.39, 0.29) is 11.7 Å². The molecule has 0 aliphatic rings. The molecule has 0 saturated heterocycles. The zero-order valence-corrected chi connectivity index (χ0v) is 20.6. The van der Waals surface area contributed by atoms with E-state index < -0.39 is 0 Å². The summed E-state index contributed by atoms with van der Waals surface area (Å²) in [4.78, 5) is 0. The molecule has 0 saturated carbocycles. The lowest BCUT2D eigenvalue weighted by Gasteiger charge is -2.15. The van der Waals surface area contributed by atoms with Gasteiger partial charge in [0.1, 0.15) is 12.4 Å². The molecule has 178 valence electrons. The van der Waals surface area contributed by atoms with Gasteiger partial charge in [0.2, 0.25) is 0 Å². The number of nitrogens with zero attached hydrogens (tertiary/aromatic N) is 3. The van der Waals surface area contributed by atoms with Gasteiger partial charge in [-0.3, -0.25) is 4.57 Å². The third kappa shape index (κ3) is 6.42. The number of aromatic nitrogens is 3. The molecular formula is C25H33N3O4S. The van der Waals surface area contributed by atoms with Crippen molar-refractivity contribution >= 4 is 12.6 Å². The monoisotopic (exact) mass is 471 g/mol. The van der Waals surface area contributed by atoms with E-state index in [0.29, 0.717) is 43.1 Å². The normalized spacial score (nSPS) is 11.2. The number of benzene rings is 2. The number of hydrogen-bond donors (Lipinski definition) is 2. The first-order valence-electron chi connectivity index (χ1n) is 11.3. The molecule has 0 radical (unpaired) electrons. The molecule has 33 heavy (non-hydrogen) atoms. The zero-order chi connectivity index (χ0) is 23.8. The number of methoxy groups -OCH3 is 1. The fraction of sp³-hybridized carbons (Fsp3) is 0.440. The van der Waals surface area contributed by atoms with E-state index in [4.69, 9.17) is 14.2 Å². The van der Waals surface area contributed by atoms with Gasteiger partial charge < -0.3 is 19.3 Å². The van der Waals surface area contributed by atoms with Crippen molar-refractivity contribution in [3.63, 3.8) is 0 Å². The molecule has 0 spiro atoms. The zero-order valence-electron chi connectivity index (χ0n) is 19.7. The van der Waals surface area contributed by atoms with E-state index in [2.05, 4.69) is 29.7 Å². The van der Waals surface area contributed by atoms with Crippen LogP contribution in [-0.2, 0) is 11.3 Å². The second kappa shape index (κ2) is 12.0. The van der Waals surface area contributed by atoms with E-state index >= 15 is 0 Å². The molecule has 0 amide bonds. The van der Waals surface area contributed by atoms with Crippen LogP contribution in [0.1, 0.15) is 50.7 Å². The first-order valence-corrected chi connectivity index (χ1v) is 11.7. The second-order valence-corrected chi connectivity index (χ2v) is 8.56. The molecule has 3 rings (SSSR count). The van der Waals surface area contributed by atoms with Crippen molar-refractivity contribution in [1.29, 1.82) is 0 Å². The van der Waals surface area contributed by atoms with Gasteiger partial charge in [-0.25, -0.2) is 0 Å². The number of phenolic OH excluding ortho intramolecular Hbond substituents is 1. The van der Waals surface area contributed by atoms with Crippen LogP contribution in [0.3, 0.4) is 0 Å². The van der Waals surface area contributed by atoms with E-state index in [9.17, 15) is 5.11 Å². The number of thiol groups is 1. The van der Waals surface area contributed by atoms with Crippen LogP contribution in [-0.4, -0.2) is 46.8 Å². The molecule has 0 atom stereocenters. The van der Waals surface area contributed by atoms with Crippen molar-refractivity contribution in [1.82, 2.24) is 14.8 Å². The summed E-state index contributed by atoms with van der Waals surface area (Å²) in [6.45, 7) is 8.30. The van der Waals surface area contributed by atoms with Crippen molar-refractivity contribution in [2.45, 2.75) is 51.2 Å². The molecule has 3 aromatic rings. The third-order valence-corrected chi connectivity index (χ3v) is 5.62. The van der Waals surface area contributed by atoms with Gasteiger partial charge in [0, 0.05) is 12.7 Å². The summed E-state index contributed by atoms with van der Waals surface area (Å²) < 4.78 is 18.9. The van der Waals surface area contributed by atoms with Crippen LogP contribution in [0.5, 0.6) is 17.2 Å². The van der Waals surface area contributed by atoms with Gasteiger partial charge >= 0.3 is 0 Å². The molecule has 1 N–H and O–H groups in total. The molecule has 0 fully saturated rings. The summed E-state index contributed by atoms with van der Waals surface area (Å²) in [6, 6.07) is 11.4. The molecule has 0 aliphatic carbocycles. The Morgan fingerprint density at radius 2 is 1.79 bits per heavy atom. The fourth-order valence-corrected chi connectivity index (χ4v) is 3.65. The van der Waals surface area contributed by atoms with Crippen LogP contribution < -0.4 is 9.47 Å². The minimum absolute atomic E-state index is 0.184. The number of phenols is 1. The average Bonchev–Trinajstić information content (AvgIpc) is 3.15.